The molecule has 0 heterocycles. The second kappa shape index (κ2) is 9.41. The third-order valence-corrected chi connectivity index (χ3v) is 6.00. The summed E-state index contributed by atoms with van der Waals surface area (Å²) in [6, 6.07) is 13.9. The van der Waals surface area contributed by atoms with Crippen LogP contribution in [0.5, 0.6) is 11.5 Å². The standard InChI is InChI=1S/C24H27N3O5S/c1-3-15-13-18(24(26)30)20(16(21(15)25)10-9-14-7-5-4-6-8-14)17-11-12-19(28)22(23(17)29)27-33(2,31)32/h4-8,11-13,27-29H,3,9-10,25H2,1-2H3,(H2,26,30). The number of carbonyl (C=O) groups is 1. The lowest BCUT2D eigenvalue weighted by Gasteiger charge is -2.21. The van der Waals surface area contributed by atoms with Crippen molar-refractivity contribution in [2.75, 3.05) is 16.7 Å². The van der Waals surface area contributed by atoms with Crippen molar-refractivity contribution in [3.63, 3.8) is 0 Å². The molecule has 0 saturated carbocycles. The Kier molecular flexibility index (Phi) is 6.83. The summed E-state index contributed by atoms with van der Waals surface area (Å²) in [6.07, 6.45) is 2.51. The summed E-state index contributed by atoms with van der Waals surface area (Å²) in [4.78, 5) is 12.4. The van der Waals surface area contributed by atoms with Crippen molar-refractivity contribution in [2.45, 2.75) is 26.2 Å². The average Bonchev–Trinajstić information content (AvgIpc) is 2.75. The number of benzene rings is 3. The number of hydrogen-bond donors (Lipinski definition) is 5. The van der Waals surface area contributed by atoms with Crippen LogP contribution in [0.4, 0.5) is 11.4 Å². The molecule has 0 unspecified atom stereocenters. The van der Waals surface area contributed by atoms with Gasteiger partial charge < -0.3 is 21.7 Å². The highest BCUT2D eigenvalue weighted by Gasteiger charge is 2.25. The number of carbonyl (C=O) groups excluding carboxylic acids is 1. The molecule has 0 fully saturated rings. The van der Waals surface area contributed by atoms with Crippen LogP contribution in [-0.2, 0) is 29.3 Å². The number of nitrogens with two attached hydrogens (primary N) is 2. The van der Waals surface area contributed by atoms with E-state index in [0.717, 1.165) is 17.4 Å². The van der Waals surface area contributed by atoms with Gasteiger partial charge in [0.15, 0.2) is 5.75 Å². The van der Waals surface area contributed by atoms with Crippen LogP contribution in [0.3, 0.4) is 0 Å². The van der Waals surface area contributed by atoms with Gasteiger partial charge in [0.1, 0.15) is 11.4 Å². The first-order valence-electron chi connectivity index (χ1n) is 10.3. The molecule has 0 aliphatic rings. The van der Waals surface area contributed by atoms with Gasteiger partial charge in [-0.1, -0.05) is 37.3 Å². The topological polar surface area (TPSA) is 156 Å². The van der Waals surface area contributed by atoms with Crippen LogP contribution in [0.2, 0.25) is 0 Å². The largest absolute Gasteiger partial charge is 0.506 e. The Hall–Kier alpha value is -3.72. The Labute approximate surface area is 192 Å². The monoisotopic (exact) mass is 469 g/mol. The third-order valence-electron chi connectivity index (χ3n) is 5.43. The molecule has 0 radical (unpaired) electrons. The zero-order chi connectivity index (χ0) is 24.3. The summed E-state index contributed by atoms with van der Waals surface area (Å²) in [6.45, 7) is 1.91. The maximum Gasteiger partial charge on any atom is 0.249 e. The number of nitrogen functional groups attached to an aromatic ring is 1. The van der Waals surface area contributed by atoms with E-state index in [-0.39, 0.29) is 11.1 Å². The maximum absolute atomic E-state index is 12.4. The van der Waals surface area contributed by atoms with Gasteiger partial charge in [-0.15, -0.1) is 0 Å². The van der Waals surface area contributed by atoms with E-state index in [2.05, 4.69) is 4.72 Å². The van der Waals surface area contributed by atoms with Crippen LogP contribution in [-0.4, -0.2) is 30.8 Å². The Bertz CT molecular complexity index is 1310. The molecule has 3 aromatic carbocycles. The molecule has 1 amide bonds. The lowest BCUT2D eigenvalue weighted by atomic mass is 9.86. The van der Waals surface area contributed by atoms with E-state index in [4.69, 9.17) is 11.5 Å². The predicted octanol–water partition coefficient (Wildman–Crippen LogP) is 3.17. The SMILES string of the molecule is CCc1cc(C(N)=O)c(-c2ccc(O)c(NS(C)(=O)=O)c2O)c(CCc2ccccc2)c1N. The molecule has 8 nitrogen and oxygen atoms in total. The normalized spacial score (nSPS) is 11.3. The molecule has 0 atom stereocenters. The summed E-state index contributed by atoms with van der Waals surface area (Å²) in [7, 11) is -3.81. The van der Waals surface area contributed by atoms with Gasteiger partial charge >= 0.3 is 0 Å². The minimum absolute atomic E-state index is 0.130. The molecule has 0 aliphatic carbocycles. The average molecular weight is 470 g/mol. The number of phenols is 2. The summed E-state index contributed by atoms with van der Waals surface area (Å²) in [5.41, 5.74) is 15.3. The second-order valence-corrected chi connectivity index (χ2v) is 9.53. The van der Waals surface area contributed by atoms with Gasteiger partial charge in [0.25, 0.3) is 0 Å². The van der Waals surface area contributed by atoms with Crippen LogP contribution in [0.25, 0.3) is 11.1 Å². The molecule has 0 spiro atoms. The third kappa shape index (κ3) is 5.20. The van der Waals surface area contributed by atoms with Gasteiger partial charge in [-0.3, -0.25) is 9.52 Å². The van der Waals surface area contributed by atoms with Gasteiger partial charge in [-0.25, -0.2) is 8.42 Å². The zero-order valence-corrected chi connectivity index (χ0v) is 19.2. The van der Waals surface area contributed by atoms with E-state index in [9.17, 15) is 23.4 Å². The Morgan fingerprint density at radius 1 is 1.06 bits per heavy atom. The fourth-order valence-electron chi connectivity index (χ4n) is 3.85. The van der Waals surface area contributed by atoms with Crippen molar-refractivity contribution in [3.8, 4) is 22.6 Å². The van der Waals surface area contributed by atoms with Crippen molar-refractivity contribution in [3.05, 3.63) is 70.8 Å². The Morgan fingerprint density at radius 3 is 2.30 bits per heavy atom. The number of aromatic hydroxyl groups is 2. The lowest BCUT2D eigenvalue weighted by molar-refractivity contribution is 0.100. The molecule has 174 valence electrons. The van der Waals surface area contributed by atoms with Gasteiger partial charge in [0.2, 0.25) is 15.9 Å². The first-order valence-corrected chi connectivity index (χ1v) is 12.2. The fraction of sp³-hybridized carbons (Fsp3) is 0.208. The summed E-state index contributed by atoms with van der Waals surface area (Å²) >= 11 is 0. The molecule has 0 aromatic heterocycles. The highest BCUT2D eigenvalue weighted by Crippen LogP contribution is 2.45. The number of phenolic OH excluding ortho intramolecular Hbond substituents is 2. The Balaban J connectivity index is 2.29. The lowest BCUT2D eigenvalue weighted by Crippen LogP contribution is -2.16. The van der Waals surface area contributed by atoms with Gasteiger partial charge in [-0.2, -0.15) is 0 Å². The molecule has 3 rings (SSSR count). The highest BCUT2D eigenvalue weighted by atomic mass is 32.2. The van der Waals surface area contributed by atoms with E-state index >= 15 is 0 Å². The van der Waals surface area contributed by atoms with E-state index in [1.54, 1.807) is 6.07 Å². The van der Waals surface area contributed by atoms with Crippen LogP contribution in [0.15, 0.2) is 48.5 Å². The van der Waals surface area contributed by atoms with Gasteiger partial charge in [-0.05, 0) is 54.2 Å². The number of amides is 1. The van der Waals surface area contributed by atoms with Crippen molar-refractivity contribution in [1.82, 2.24) is 0 Å². The number of hydrogen-bond acceptors (Lipinski definition) is 6. The number of nitrogens with one attached hydrogen (secondary N) is 1. The van der Waals surface area contributed by atoms with Crippen LogP contribution in [0.1, 0.15) is 34.0 Å². The minimum atomic E-state index is -3.81. The maximum atomic E-state index is 12.4. The first-order chi connectivity index (χ1) is 15.5. The summed E-state index contributed by atoms with van der Waals surface area (Å²) in [5, 5.41) is 21.1. The number of rotatable bonds is 8. The van der Waals surface area contributed by atoms with E-state index in [1.807, 2.05) is 37.3 Å². The van der Waals surface area contributed by atoms with E-state index in [0.29, 0.717) is 36.1 Å². The molecular formula is C24H27N3O5S. The predicted molar refractivity (Wildman–Crippen MR) is 130 cm³/mol. The number of aryl methyl sites for hydroxylation is 2. The molecular weight excluding hydrogens is 442 g/mol. The van der Waals surface area contributed by atoms with Crippen molar-refractivity contribution >= 4 is 27.3 Å². The molecule has 0 saturated heterocycles. The second-order valence-electron chi connectivity index (χ2n) is 7.78. The quantitative estimate of drug-likeness (QED) is 0.252. The highest BCUT2D eigenvalue weighted by molar-refractivity contribution is 7.92. The van der Waals surface area contributed by atoms with Gasteiger partial charge in [0.05, 0.1) is 6.26 Å². The number of sulfonamides is 1. The molecule has 0 aliphatic heterocycles. The van der Waals surface area contributed by atoms with Crippen molar-refractivity contribution < 1.29 is 23.4 Å². The summed E-state index contributed by atoms with van der Waals surface area (Å²) < 4.78 is 25.6. The minimum Gasteiger partial charge on any atom is -0.506 e. The number of primary amides is 1. The molecule has 7 N–H and O–H groups in total. The molecule has 0 bridgehead atoms. The van der Waals surface area contributed by atoms with E-state index in [1.165, 1.54) is 12.1 Å². The number of anilines is 2. The van der Waals surface area contributed by atoms with Crippen molar-refractivity contribution in [1.29, 1.82) is 0 Å². The van der Waals surface area contributed by atoms with Gasteiger partial charge in [0, 0.05) is 22.4 Å². The van der Waals surface area contributed by atoms with Crippen LogP contribution < -0.4 is 16.2 Å². The van der Waals surface area contributed by atoms with E-state index < -0.39 is 33.1 Å². The van der Waals surface area contributed by atoms with Crippen LogP contribution in [0, 0.1) is 0 Å². The first kappa shape index (κ1) is 23.9. The fourth-order valence-corrected chi connectivity index (χ4v) is 4.42. The summed E-state index contributed by atoms with van der Waals surface area (Å²) in [5.74, 6) is -1.72. The molecule has 9 heteroatoms. The van der Waals surface area contributed by atoms with Crippen molar-refractivity contribution in [2.24, 2.45) is 5.73 Å². The smallest absolute Gasteiger partial charge is 0.249 e. The molecule has 33 heavy (non-hydrogen) atoms. The molecule has 3 aromatic rings. The zero-order valence-electron chi connectivity index (χ0n) is 18.4. The Morgan fingerprint density at radius 2 is 1.73 bits per heavy atom. The van der Waals surface area contributed by atoms with Crippen LogP contribution >= 0.6 is 0 Å².